The van der Waals surface area contributed by atoms with Crippen LogP contribution < -0.4 is 4.74 Å². The van der Waals surface area contributed by atoms with Gasteiger partial charge < -0.3 is 14.9 Å². The summed E-state index contributed by atoms with van der Waals surface area (Å²) in [6, 6.07) is 4.03. The number of rotatable bonds is 6. The zero-order valence-corrected chi connectivity index (χ0v) is 9.72. The molecule has 2 N–H and O–H groups in total. The van der Waals surface area contributed by atoms with Crippen molar-refractivity contribution in [3.63, 3.8) is 0 Å². The van der Waals surface area contributed by atoms with Crippen molar-refractivity contribution in [1.82, 2.24) is 0 Å². The molecule has 1 unspecified atom stereocenters. The van der Waals surface area contributed by atoms with Gasteiger partial charge in [-0.2, -0.15) is 0 Å². The van der Waals surface area contributed by atoms with Crippen molar-refractivity contribution in [2.24, 2.45) is 5.92 Å². The van der Waals surface area contributed by atoms with Crippen LogP contribution in [0.2, 0.25) is 0 Å². The molecule has 0 aliphatic rings. The summed E-state index contributed by atoms with van der Waals surface area (Å²) in [5.41, 5.74) is 0.157. The van der Waals surface area contributed by atoms with Gasteiger partial charge >= 0.3 is 11.9 Å². The average molecular weight is 256 g/mol. The van der Waals surface area contributed by atoms with Crippen LogP contribution >= 0.6 is 0 Å². The maximum atomic E-state index is 13.6. The third-order valence-corrected chi connectivity index (χ3v) is 2.50. The highest BCUT2D eigenvalue weighted by Crippen LogP contribution is 2.20. The first-order valence-corrected chi connectivity index (χ1v) is 5.21. The molecule has 0 saturated carbocycles. The summed E-state index contributed by atoms with van der Waals surface area (Å²) in [6.45, 7) is 0. The van der Waals surface area contributed by atoms with Gasteiger partial charge in [-0.3, -0.25) is 9.59 Å². The van der Waals surface area contributed by atoms with Crippen LogP contribution in [0.25, 0.3) is 0 Å². The van der Waals surface area contributed by atoms with E-state index in [1.807, 2.05) is 0 Å². The van der Waals surface area contributed by atoms with Crippen LogP contribution in [0.5, 0.6) is 5.75 Å². The van der Waals surface area contributed by atoms with E-state index < -0.39 is 30.1 Å². The number of hydrogen-bond acceptors (Lipinski definition) is 3. The quantitative estimate of drug-likeness (QED) is 0.806. The van der Waals surface area contributed by atoms with E-state index in [4.69, 9.17) is 14.9 Å². The molecule has 98 valence electrons. The van der Waals surface area contributed by atoms with Crippen LogP contribution in [0.4, 0.5) is 4.39 Å². The van der Waals surface area contributed by atoms with Crippen molar-refractivity contribution >= 4 is 11.9 Å². The number of carboxylic acid groups (broad SMARTS) is 2. The number of carboxylic acids is 2. The molecule has 0 aliphatic carbocycles. The maximum Gasteiger partial charge on any atom is 0.307 e. The van der Waals surface area contributed by atoms with Gasteiger partial charge in [0, 0.05) is 6.07 Å². The average Bonchev–Trinajstić information content (AvgIpc) is 2.29. The lowest BCUT2D eigenvalue weighted by atomic mass is 9.96. The summed E-state index contributed by atoms with van der Waals surface area (Å²) in [4.78, 5) is 21.4. The fourth-order valence-corrected chi connectivity index (χ4v) is 1.54. The van der Waals surface area contributed by atoms with Gasteiger partial charge in [0.1, 0.15) is 11.6 Å². The van der Waals surface area contributed by atoms with Gasteiger partial charge in [0.2, 0.25) is 0 Å². The molecule has 0 spiro atoms. The highest BCUT2D eigenvalue weighted by atomic mass is 19.1. The second kappa shape index (κ2) is 6.00. The third kappa shape index (κ3) is 3.73. The fraction of sp³-hybridized carbons (Fsp3) is 0.333. The molecule has 1 rings (SSSR count). The molecule has 1 aromatic rings. The summed E-state index contributed by atoms with van der Waals surface area (Å²) in [5.74, 6) is -3.92. The van der Waals surface area contributed by atoms with E-state index in [1.165, 1.54) is 19.2 Å². The lowest BCUT2D eigenvalue weighted by Gasteiger charge is -2.11. The van der Waals surface area contributed by atoms with E-state index in [0.29, 0.717) is 5.75 Å². The summed E-state index contributed by atoms with van der Waals surface area (Å²) in [7, 11) is 1.39. The Kier molecular flexibility index (Phi) is 4.65. The maximum absolute atomic E-state index is 13.6. The number of hydrogen-bond donors (Lipinski definition) is 2. The molecule has 6 heteroatoms. The van der Waals surface area contributed by atoms with Crippen molar-refractivity contribution in [3.05, 3.63) is 29.6 Å². The molecule has 0 aliphatic heterocycles. The molecule has 18 heavy (non-hydrogen) atoms. The molecule has 0 radical (unpaired) electrons. The largest absolute Gasteiger partial charge is 0.497 e. The van der Waals surface area contributed by atoms with Crippen molar-refractivity contribution in [1.29, 1.82) is 0 Å². The number of benzene rings is 1. The lowest BCUT2D eigenvalue weighted by Crippen LogP contribution is -2.20. The summed E-state index contributed by atoms with van der Waals surface area (Å²) in [5, 5.41) is 17.4. The monoisotopic (exact) mass is 256 g/mol. The minimum Gasteiger partial charge on any atom is -0.497 e. The van der Waals surface area contributed by atoms with Crippen LogP contribution in [0.3, 0.4) is 0 Å². The summed E-state index contributed by atoms with van der Waals surface area (Å²) < 4.78 is 18.4. The Labute approximate surface area is 103 Å². The highest BCUT2D eigenvalue weighted by molar-refractivity contribution is 5.78. The number of halogens is 1. The molecule has 0 saturated heterocycles. The van der Waals surface area contributed by atoms with Gasteiger partial charge in [0.25, 0.3) is 0 Å². The minimum atomic E-state index is -1.26. The van der Waals surface area contributed by atoms with E-state index in [0.717, 1.165) is 6.07 Å². The Bertz CT molecular complexity index is 458. The van der Waals surface area contributed by atoms with Gasteiger partial charge in [-0.05, 0) is 18.1 Å². The van der Waals surface area contributed by atoms with Gasteiger partial charge in [-0.15, -0.1) is 0 Å². The van der Waals surface area contributed by atoms with Crippen molar-refractivity contribution in [2.75, 3.05) is 7.11 Å². The molecule has 5 nitrogen and oxygen atoms in total. The van der Waals surface area contributed by atoms with Crippen LogP contribution in [0, 0.1) is 11.7 Å². The van der Waals surface area contributed by atoms with Crippen molar-refractivity contribution in [3.8, 4) is 5.75 Å². The predicted octanol–water partition coefficient (Wildman–Crippen LogP) is 1.55. The molecule has 1 atom stereocenters. The topological polar surface area (TPSA) is 83.8 Å². The fourth-order valence-electron chi connectivity index (χ4n) is 1.54. The minimum absolute atomic E-state index is 0.157. The third-order valence-electron chi connectivity index (χ3n) is 2.50. The van der Waals surface area contributed by atoms with E-state index in [2.05, 4.69) is 0 Å². The Morgan fingerprint density at radius 3 is 2.50 bits per heavy atom. The number of carbonyl (C=O) groups is 2. The molecular weight excluding hydrogens is 243 g/mol. The molecule has 1 aromatic carbocycles. The molecule has 0 fully saturated rings. The Hall–Kier alpha value is -2.11. The Balaban J connectivity index is 2.87. The van der Waals surface area contributed by atoms with Gasteiger partial charge in [0.05, 0.1) is 19.4 Å². The van der Waals surface area contributed by atoms with E-state index in [9.17, 15) is 14.0 Å². The van der Waals surface area contributed by atoms with Gasteiger partial charge in [-0.25, -0.2) is 4.39 Å². The first-order valence-electron chi connectivity index (χ1n) is 5.21. The predicted molar refractivity (Wildman–Crippen MR) is 60.0 cm³/mol. The van der Waals surface area contributed by atoms with Crippen molar-refractivity contribution in [2.45, 2.75) is 12.8 Å². The molecule has 0 amide bonds. The zero-order chi connectivity index (χ0) is 13.7. The second-order valence-electron chi connectivity index (χ2n) is 3.79. The molecule has 0 heterocycles. The van der Waals surface area contributed by atoms with Crippen molar-refractivity contribution < 1.29 is 28.9 Å². The number of methoxy groups -OCH3 is 1. The SMILES string of the molecule is COc1ccc(CC(CC(=O)O)C(=O)O)c(F)c1. The molecular formula is C12H13FO5. The molecule has 0 bridgehead atoms. The first kappa shape index (κ1) is 14.0. The van der Waals surface area contributed by atoms with E-state index in [1.54, 1.807) is 0 Å². The second-order valence-corrected chi connectivity index (χ2v) is 3.79. The Morgan fingerprint density at radius 1 is 1.39 bits per heavy atom. The first-order chi connectivity index (χ1) is 8.43. The van der Waals surface area contributed by atoms with E-state index in [-0.39, 0.29) is 12.0 Å². The zero-order valence-electron chi connectivity index (χ0n) is 9.72. The van der Waals surface area contributed by atoms with Gasteiger partial charge in [0.15, 0.2) is 0 Å². The number of ether oxygens (including phenoxy) is 1. The van der Waals surface area contributed by atoms with Gasteiger partial charge in [-0.1, -0.05) is 6.07 Å². The van der Waals surface area contributed by atoms with Crippen LogP contribution in [0.15, 0.2) is 18.2 Å². The lowest BCUT2D eigenvalue weighted by molar-refractivity contribution is -0.148. The summed E-state index contributed by atoms with van der Waals surface area (Å²) >= 11 is 0. The standard InChI is InChI=1S/C12H13FO5/c1-18-9-3-2-7(10(13)6-9)4-8(12(16)17)5-11(14)15/h2-3,6,8H,4-5H2,1H3,(H,14,15)(H,16,17). The highest BCUT2D eigenvalue weighted by Gasteiger charge is 2.22. The molecule has 0 aromatic heterocycles. The smallest absolute Gasteiger partial charge is 0.307 e. The van der Waals surface area contributed by atoms with Crippen LogP contribution in [-0.2, 0) is 16.0 Å². The number of aliphatic carboxylic acids is 2. The van der Waals surface area contributed by atoms with Crippen LogP contribution in [-0.4, -0.2) is 29.3 Å². The summed E-state index contributed by atoms with van der Waals surface area (Å²) in [6.07, 6.45) is -0.710. The van der Waals surface area contributed by atoms with Crippen LogP contribution in [0.1, 0.15) is 12.0 Å². The van der Waals surface area contributed by atoms with E-state index >= 15 is 0 Å². The Morgan fingerprint density at radius 2 is 2.06 bits per heavy atom. The normalized spacial score (nSPS) is 11.9.